The van der Waals surface area contributed by atoms with Crippen LogP contribution in [0.3, 0.4) is 0 Å². The second-order valence-corrected chi connectivity index (χ2v) is 6.14. The summed E-state index contributed by atoms with van der Waals surface area (Å²) in [5, 5.41) is 16.8. The molecule has 0 aliphatic rings. The molecule has 9 nitrogen and oxygen atoms in total. The number of carboxylic acids is 2. The number of hydrogen-bond donors (Lipinski definition) is 3. The van der Waals surface area contributed by atoms with Gasteiger partial charge in [-0.3, -0.25) is 0 Å². The Morgan fingerprint density at radius 2 is 1.71 bits per heavy atom. The van der Waals surface area contributed by atoms with E-state index in [9.17, 15) is 20.0 Å². The standard InChI is InChI=1S/C7H11AtN2O7/c9-4(1-2-5(11)12)7(15)10(8(16)17)3-6(13)14/h4H,1-3,9H2,(H,11,12)(H,13,14). The van der Waals surface area contributed by atoms with Crippen LogP contribution in [-0.4, -0.2) is 43.5 Å². The van der Waals surface area contributed by atoms with Crippen molar-refractivity contribution in [1.29, 1.82) is 0 Å². The van der Waals surface area contributed by atoms with Gasteiger partial charge in [0.2, 0.25) is 0 Å². The van der Waals surface area contributed by atoms with Gasteiger partial charge in [-0.2, -0.15) is 0 Å². The quantitative estimate of drug-likeness (QED) is 0.420. The number of carboxylic acid groups (broad SMARTS) is 2. The van der Waals surface area contributed by atoms with E-state index in [4.69, 9.17) is 15.9 Å². The molecule has 17 heavy (non-hydrogen) atoms. The maximum absolute atomic E-state index is 11.4. The van der Waals surface area contributed by atoms with Gasteiger partial charge in [0.05, 0.1) is 0 Å². The average molecular weight is 445 g/mol. The molecule has 98 valence electrons. The molecule has 0 saturated heterocycles. The molecule has 0 radical (unpaired) electrons. The van der Waals surface area contributed by atoms with Crippen LogP contribution < -0.4 is 5.73 Å². The molecule has 0 aromatic heterocycles. The fourth-order valence-corrected chi connectivity index (χ4v) is 2.69. The predicted octanol–water partition coefficient (Wildman–Crippen LogP) is -1.68. The van der Waals surface area contributed by atoms with Crippen molar-refractivity contribution in [1.82, 2.24) is 2.84 Å². The van der Waals surface area contributed by atoms with Crippen molar-refractivity contribution in [3.8, 4) is 0 Å². The molecule has 0 spiro atoms. The molecule has 1 unspecified atom stereocenters. The zero-order valence-electron chi connectivity index (χ0n) is 8.54. The summed E-state index contributed by atoms with van der Waals surface area (Å²) in [4.78, 5) is 32.0. The van der Waals surface area contributed by atoms with Crippen molar-refractivity contribution >= 4 is 17.8 Å². The zero-order chi connectivity index (χ0) is 13.6. The Morgan fingerprint density at radius 1 is 1.18 bits per heavy atom. The van der Waals surface area contributed by atoms with Gasteiger partial charge in [-0.05, 0) is 0 Å². The van der Waals surface area contributed by atoms with Crippen LogP contribution in [0.5, 0.6) is 0 Å². The van der Waals surface area contributed by atoms with E-state index < -0.39 is 58.9 Å². The monoisotopic (exact) mass is 445 g/mol. The summed E-state index contributed by atoms with van der Waals surface area (Å²) in [5.41, 5.74) is 5.28. The van der Waals surface area contributed by atoms with Gasteiger partial charge in [-0.25, -0.2) is 0 Å². The second-order valence-electron chi connectivity index (χ2n) is 2.99. The Morgan fingerprint density at radius 3 is 2.06 bits per heavy atom. The first-order valence-electron chi connectivity index (χ1n) is 4.31. The summed E-state index contributed by atoms with van der Waals surface area (Å²) in [7, 11) is 0. The minimum absolute atomic E-state index is 0.194. The topological polar surface area (TPSA) is 155 Å². The van der Waals surface area contributed by atoms with E-state index in [1.807, 2.05) is 0 Å². The van der Waals surface area contributed by atoms with Crippen LogP contribution in [-0.2, 0) is 20.0 Å². The molecule has 0 aliphatic heterocycles. The summed E-state index contributed by atoms with van der Waals surface area (Å²) in [6, 6.07) is -1.33. The number of hydrogen-bond acceptors (Lipinski definition) is 6. The summed E-state index contributed by atoms with van der Waals surface area (Å²) in [6.07, 6.45) is -0.651. The van der Waals surface area contributed by atoms with Gasteiger partial charge in [0, 0.05) is 0 Å². The fraction of sp³-hybridized carbons (Fsp3) is 0.571. The van der Waals surface area contributed by atoms with Crippen LogP contribution in [0.25, 0.3) is 0 Å². The molecular weight excluding hydrogens is 434 g/mol. The number of nitrogens with two attached hydrogens (primary N) is 1. The van der Waals surface area contributed by atoms with Gasteiger partial charge < -0.3 is 0 Å². The number of aliphatic carboxylic acids is 2. The Kier molecular flexibility index (Phi) is 6.74. The molecule has 0 bridgehead atoms. The SMILES string of the molecule is NC(CCC(=O)O)C(=O)N(CC(=O)O)[At](=O)=O. The van der Waals surface area contributed by atoms with E-state index in [0.717, 1.165) is 0 Å². The van der Waals surface area contributed by atoms with Crippen LogP contribution in [0.15, 0.2) is 0 Å². The van der Waals surface area contributed by atoms with Gasteiger partial charge >= 0.3 is 104 Å². The fourth-order valence-electron chi connectivity index (χ4n) is 0.896. The third-order valence-corrected chi connectivity index (χ3v) is 4.07. The molecule has 0 fully saturated rings. The van der Waals surface area contributed by atoms with Gasteiger partial charge in [0.25, 0.3) is 0 Å². The Labute approximate surface area is 104 Å². The van der Waals surface area contributed by atoms with E-state index in [2.05, 4.69) is 0 Å². The molecular formula is C7H11AtN2O7. The van der Waals surface area contributed by atoms with Crippen molar-refractivity contribution in [2.45, 2.75) is 18.9 Å². The number of amides is 1. The Hall–Kier alpha value is -1.15. The first-order chi connectivity index (χ1) is 7.75. The Balaban J connectivity index is 4.60. The number of carbonyl (C=O) groups excluding carboxylic acids is 1. The summed E-state index contributed by atoms with van der Waals surface area (Å²) >= 11 is -4.57. The van der Waals surface area contributed by atoms with Gasteiger partial charge in [-0.15, -0.1) is 0 Å². The van der Waals surface area contributed by atoms with E-state index in [1.54, 1.807) is 0 Å². The van der Waals surface area contributed by atoms with Crippen LogP contribution in [0.1, 0.15) is 12.8 Å². The van der Waals surface area contributed by atoms with Crippen molar-refractivity contribution in [3.63, 3.8) is 0 Å². The first-order valence-corrected chi connectivity index (χ1v) is 8.03. The molecule has 0 aromatic carbocycles. The van der Waals surface area contributed by atoms with Crippen LogP contribution in [0.4, 0.5) is 0 Å². The number of rotatable bonds is 7. The molecule has 0 saturated carbocycles. The molecule has 0 heterocycles. The molecule has 10 heteroatoms. The minimum atomic E-state index is -4.57. The molecule has 0 aliphatic carbocycles. The first kappa shape index (κ1) is 15.9. The van der Waals surface area contributed by atoms with Crippen LogP contribution >= 0.6 is 0 Å². The molecule has 1 atom stereocenters. The van der Waals surface area contributed by atoms with E-state index >= 15 is 0 Å². The predicted molar refractivity (Wildman–Crippen MR) is 45.6 cm³/mol. The number of carbonyl (C=O) groups is 3. The third-order valence-electron chi connectivity index (χ3n) is 1.67. The third kappa shape index (κ3) is 6.23. The summed E-state index contributed by atoms with van der Waals surface area (Å²) < 4.78 is 21.7. The summed E-state index contributed by atoms with van der Waals surface area (Å²) in [5.74, 6) is -3.74. The van der Waals surface area contributed by atoms with Crippen molar-refractivity contribution < 1.29 is 52.3 Å². The second kappa shape index (κ2) is 7.23. The van der Waals surface area contributed by atoms with Gasteiger partial charge in [-0.1, -0.05) is 0 Å². The zero-order valence-corrected chi connectivity index (χ0v) is 11.5. The van der Waals surface area contributed by atoms with E-state index in [0.29, 0.717) is 0 Å². The molecule has 0 rings (SSSR count). The van der Waals surface area contributed by atoms with Crippen LogP contribution in [0.2, 0.25) is 0 Å². The number of nitrogens with zero attached hydrogens (tertiary/aromatic N) is 1. The summed E-state index contributed by atoms with van der Waals surface area (Å²) in [6.45, 7) is -0.976. The molecule has 0 aromatic rings. The van der Waals surface area contributed by atoms with Crippen molar-refractivity contribution in [3.05, 3.63) is 0 Å². The normalized spacial score (nSPS) is 12.1. The van der Waals surface area contributed by atoms with Crippen molar-refractivity contribution in [2.24, 2.45) is 5.73 Å². The van der Waals surface area contributed by atoms with Gasteiger partial charge in [0.1, 0.15) is 0 Å². The molecule has 4 N–H and O–H groups in total. The van der Waals surface area contributed by atoms with E-state index in [-0.39, 0.29) is 9.26 Å². The van der Waals surface area contributed by atoms with Crippen molar-refractivity contribution in [2.75, 3.05) is 6.54 Å². The van der Waals surface area contributed by atoms with Crippen LogP contribution in [0, 0.1) is 22.1 Å². The van der Waals surface area contributed by atoms with Gasteiger partial charge in [0.15, 0.2) is 0 Å². The Bertz CT molecular complexity index is 384. The molecule has 1 amide bonds. The van der Waals surface area contributed by atoms with E-state index in [1.165, 1.54) is 0 Å². The maximum atomic E-state index is 11.4. The average Bonchev–Trinajstić information content (AvgIpc) is 2.20.